The summed E-state index contributed by atoms with van der Waals surface area (Å²) < 4.78 is 18.6. The van der Waals surface area contributed by atoms with Crippen LogP contribution in [0.4, 0.5) is 10.1 Å². The van der Waals surface area contributed by atoms with Crippen LogP contribution >= 0.6 is 0 Å². The molecule has 6 nitrogen and oxygen atoms in total. The Labute approximate surface area is 146 Å². The number of benzene rings is 1. The van der Waals surface area contributed by atoms with Gasteiger partial charge in [0.05, 0.1) is 18.7 Å². The number of aryl methyl sites for hydroxylation is 1. The summed E-state index contributed by atoms with van der Waals surface area (Å²) in [5.41, 5.74) is 0.984. The summed E-state index contributed by atoms with van der Waals surface area (Å²) in [6, 6.07) is 4.67. The van der Waals surface area contributed by atoms with Gasteiger partial charge in [-0.25, -0.2) is 4.39 Å². The molecule has 0 spiro atoms. The van der Waals surface area contributed by atoms with E-state index in [9.17, 15) is 18.8 Å². The van der Waals surface area contributed by atoms with Crippen molar-refractivity contribution < 1.29 is 23.5 Å². The third-order valence-electron chi connectivity index (χ3n) is 4.22. The first-order valence-corrected chi connectivity index (χ1v) is 8.33. The Morgan fingerprint density at radius 2 is 2.12 bits per heavy atom. The highest BCUT2D eigenvalue weighted by molar-refractivity contribution is 6.00. The number of hydrogen-bond acceptors (Lipinski definition) is 4. The van der Waals surface area contributed by atoms with Gasteiger partial charge >= 0.3 is 5.97 Å². The zero-order chi connectivity index (χ0) is 18.4. The summed E-state index contributed by atoms with van der Waals surface area (Å²) in [4.78, 5) is 36.6. The van der Waals surface area contributed by atoms with Gasteiger partial charge in [0.15, 0.2) is 0 Å². The van der Waals surface area contributed by atoms with E-state index in [1.165, 1.54) is 18.1 Å². The number of carbonyl (C=O) groups excluding carboxylic acids is 3. The summed E-state index contributed by atoms with van der Waals surface area (Å²) >= 11 is 0. The number of esters is 1. The van der Waals surface area contributed by atoms with Crippen LogP contribution in [0.25, 0.3) is 0 Å². The van der Waals surface area contributed by atoms with E-state index in [4.69, 9.17) is 0 Å². The maximum absolute atomic E-state index is 14.1. The topological polar surface area (TPSA) is 75.7 Å². The number of halogens is 1. The first kappa shape index (κ1) is 18.9. The molecule has 1 unspecified atom stereocenters. The van der Waals surface area contributed by atoms with Gasteiger partial charge in [-0.05, 0) is 37.5 Å². The van der Waals surface area contributed by atoms with Crippen molar-refractivity contribution in [3.63, 3.8) is 0 Å². The van der Waals surface area contributed by atoms with Gasteiger partial charge in [-0.1, -0.05) is 6.07 Å². The van der Waals surface area contributed by atoms with Crippen LogP contribution in [0.15, 0.2) is 18.2 Å². The molecule has 0 bridgehead atoms. The zero-order valence-electron chi connectivity index (χ0n) is 14.5. The van der Waals surface area contributed by atoms with Crippen LogP contribution in [0.3, 0.4) is 0 Å². The lowest BCUT2D eigenvalue weighted by Crippen LogP contribution is -2.33. The van der Waals surface area contributed by atoms with Crippen molar-refractivity contribution in [2.75, 3.05) is 25.1 Å². The van der Waals surface area contributed by atoms with Gasteiger partial charge in [0.2, 0.25) is 11.8 Å². The summed E-state index contributed by atoms with van der Waals surface area (Å²) in [6.07, 6.45) is 1.66. The monoisotopic (exact) mass is 350 g/mol. The molecule has 2 rings (SSSR count). The minimum atomic E-state index is -0.492. The third kappa shape index (κ3) is 5.01. The molecule has 136 valence electrons. The van der Waals surface area contributed by atoms with E-state index >= 15 is 0 Å². The van der Waals surface area contributed by atoms with E-state index in [0.717, 1.165) is 5.56 Å². The van der Waals surface area contributed by atoms with Crippen molar-refractivity contribution in [1.82, 2.24) is 5.32 Å². The van der Waals surface area contributed by atoms with E-state index < -0.39 is 11.7 Å². The van der Waals surface area contributed by atoms with Gasteiger partial charge < -0.3 is 15.0 Å². The lowest BCUT2D eigenvalue weighted by atomic mass is 10.1. The van der Waals surface area contributed by atoms with Crippen LogP contribution in [0.5, 0.6) is 0 Å². The molecule has 0 aromatic heterocycles. The molecule has 1 atom stereocenters. The van der Waals surface area contributed by atoms with E-state index in [1.807, 2.05) is 0 Å². The molecule has 25 heavy (non-hydrogen) atoms. The molecule has 1 aliphatic heterocycles. The molecule has 1 heterocycles. The minimum absolute atomic E-state index is 0.0707. The fraction of sp³-hybridized carbons (Fsp3) is 0.500. The summed E-state index contributed by atoms with van der Waals surface area (Å²) in [5, 5.41) is 2.77. The molecule has 1 saturated heterocycles. The smallest absolute Gasteiger partial charge is 0.305 e. The second kappa shape index (κ2) is 8.60. The number of methoxy groups -OCH3 is 1. The van der Waals surface area contributed by atoms with Crippen LogP contribution in [0.2, 0.25) is 0 Å². The first-order valence-electron chi connectivity index (χ1n) is 8.33. The Balaban J connectivity index is 1.83. The fourth-order valence-electron chi connectivity index (χ4n) is 2.80. The Morgan fingerprint density at radius 3 is 2.80 bits per heavy atom. The predicted octanol–water partition coefficient (Wildman–Crippen LogP) is 1.95. The van der Waals surface area contributed by atoms with E-state index in [0.29, 0.717) is 25.8 Å². The predicted molar refractivity (Wildman–Crippen MR) is 90.5 cm³/mol. The summed E-state index contributed by atoms with van der Waals surface area (Å²) in [5.74, 6) is -1.70. The quantitative estimate of drug-likeness (QED) is 0.602. The van der Waals surface area contributed by atoms with Crippen LogP contribution in [-0.2, 0) is 19.1 Å². The van der Waals surface area contributed by atoms with E-state index in [-0.39, 0.29) is 36.4 Å². The highest BCUT2D eigenvalue weighted by atomic mass is 19.1. The lowest BCUT2D eigenvalue weighted by Gasteiger charge is -2.17. The van der Waals surface area contributed by atoms with Gasteiger partial charge in [-0.2, -0.15) is 0 Å². The average Bonchev–Trinajstić information content (AvgIpc) is 2.96. The molecule has 1 fully saturated rings. The van der Waals surface area contributed by atoms with E-state index in [2.05, 4.69) is 10.1 Å². The molecule has 2 amide bonds. The highest BCUT2D eigenvalue weighted by Gasteiger charge is 2.35. The lowest BCUT2D eigenvalue weighted by molar-refractivity contribution is -0.140. The SMILES string of the molecule is COC(=O)CCCCNC(=O)C1CC(=O)N(c2ccc(C)cc2F)C1. The largest absolute Gasteiger partial charge is 0.469 e. The maximum atomic E-state index is 14.1. The fourth-order valence-corrected chi connectivity index (χ4v) is 2.80. The molecule has 1 aromatic rings. The Bertz CT molecular complexity index is 662. The number of nitrogens with one attached hydrogen (secondary N) is 1. The molecule has 0 radical (unpaired) electrons. The molecule has 1 aliphatic rings. The van der Waals surface area contributed by atoms with Gasteiger partial charge in [-0.3, -0.25) is 14.4 Å². The van der Waals surface area contributed by atoms with Gasteiger partial charge in [-0.15, -0.1) is 0 Å². The van der Waals surface area contributed by atoms with Crippen LogP contribution < -0.4 is 10.2 Å². The number of nitrogens with zero attached hydrogens (tertiary/aromatic N) is 1. The number of unbranched alkanes of at least 4 members (excludes halogenated alkanes) is 1. The van der Waals surface area contributed by atoms with Crippen molar-refractivity contribution in [2.45, 2.75) is 32.6 Å². The van der Waals surface area contributed by atoms with Gasteiger partial charge in [0.25, 0.3) is 0 Å². The van der Waals surface area contributed by atoms with Crippen molar-refractivity contribution in [3.05, 3.63) is 29.6 Å². The molecule has 7 heteroatoms. The molecule has 1 aromatic carbocycles. The van der Waals surface area contributed by atoms with Crippen molar-refractivity contribution >= 4 is 23.5 Å². The van der Waals surface area contributed by atoms with Crippen molar-refractivity contribution in [3.8, 4) is 0 Å². The summed E-state index contributed by atoms with van der Waals surface area (Å²) in [6.45, 7) is 2.38. The minimum Gasteiger partial charge on any atom is -0.469 e. The number of ether oxygens (including phenoxy) is 1. The van der Waals surface area contributed by atoms with Gasteiger partial charge in [0, 0.05) is 25.9 Å². The van der Waals surface area contributed by atoms with Crippen LogP contribution in [0.1, 0.15) is 31.2 Å². The summed E-state index contributed by atoms with van der Waals surface area (Å²) in [7, 11) is 1.34. The number of carbonyl (C=O) groups is 3. The van der Waals surface area contributed by atoms with Crippen molar-refractivity contribution in [2.24, 2.45) is 5.92 Å². The third-order valence-corrected chi connectivity index (χ3v) is 4.22. The number of hydrogen-bond donors (Lipinski definition) is 1. The highest BCUT2D eigenvalue weighted by Crippen LogP contribution is 2.28. The Hall–Kier alpha value is -2.44. The molecule has 0 saturated carbocycles. The van der Waals surface area contributed by atoms with Crippen LogP contribution in [-0.4, -0.2) is 38.0 Å². The second-order valence-corrected chi connectivity index (χ2v) is 6.18. The molecule has 0 aliphatic carbocycles. The second-order valence-electron chi connectivity index (χ2n) is 6.18. The molecular weight excluding hydrogens is 327 g/mol. The Morgan fingerprint density at radius 1 is 1.36 bits per heavy atom. The standard InChI is InChI=1S/C18H23FN2O4/c1-12-6-7-15(14(19)9-12)21-11-13(10-16(21)22)18(24)20-8-4-3-5-17(23)25-2/h6-7,9,13H,3-5,8,10-11H2,1-2H3,(H,20,24). The zero-order valence-corrected chi connectivity index (χ0v) is 14.5. The van der Waals surface area contributed by atoms with Crippen LogP contribution in [0, 0.1) is 18.7 Å². The first-order chi connectivity index (χ1) is 11.9. The number of rotatable bonds is 7. The Kier molecular flexibility index (Phi) is 6.50. The number of anilines is 1. The van der Waals surface area contributed by atoms with E-state index in [1.54, 1.807) is 19.1 Å². The van der Waals surface area contributed by atoms with Crippen molar-refractivity contribution in [1.29, 1.82) is 0 Å². The molecular formula is C18H23FN2O4. The number of amides is 2. The molecule has 1 N–H and O–H groups in total. The maximum Gasteiger partial charge on any atom is 0.305 e. The normalized spacial score (nSPS) is 16.8. The average molecular weight is 350 g/mol. The van der Waals surface area contributed by atoms with Gasteiger partial charge in [0.1, 0.15) is 5.82 Å².